The van der Waals surface area contributed by atoms with E-state index in [9.17, 15) is 9.90 Å². The number of anilines is 1. The Morgan fingerprint density at radius 1 is 1.17 bits per heavy atom. The summed E-state index contributed by atoms with van der Waals surface area (Å²) in [6, 6.07) is 12.9. The predicted octanol–water partition coefficient (Wildman–Crippen LogP) is 2.95. The van der Waals surface area contributed by atoms with Crippen molar-refractivity contribution < 1.29 is 19.4 Å². The highest BCUT2D eigenvalue weighted by atomic mass is 32.2. The third kappa shape index (κ3) is 4.21. The number of rotatable bonds is 6. The van der Waals surface area contributed by atoms with E-state index in [1.807, 2.05) is 31.2 Å². The molecule has 0 radical (unpaired) electrons. The van der Waals surface area contributed by atoms with Crippen LogP contribution in [0.4, 0.5) is 5.69 Å². The zero-order valence-corrected chi connectivity index (χ0v) is 14.7. The SMILES string of the molecule is COC(=O)[C@@H](O)[C@H](Sc1cc(OC)ccc1N)c1ccc(C)cc1. The molecule has 2 aromatic rings. The third-order valence-corrected chi connectivity index (χ3v) is 5.00. The van der Waals surface area contributed by atoms with Crippen LogP contribution in [0.25, 0.3) is 0 Å². The van der Waals surface area contributed by atoms with Crippen molar-refractivity contribution >= 4 is 23.4 Å². The number of nitrogens with two attached hydrogens (primary N) is 1. The van der Waals surface area contributed by atoms with E-state index in [-0.39, 0.29) is 0 Å². The first-order valence-corrected chi connectivity index (χ1v) is 8.27. The number of thioether (sulfide) groups is 1. The zero-order chi connectivity index (χ0) is 17.7. The molecule has 0 saturated carbocycles. The molecule has 0 unspecified atom stereocenters. The van der Waals surface area contributed by atoms with Gasteiger partial charge in [-0.3, -0.25) is 0 Å². The standard InChI is InChI=1S/C18H21NO4S/c1-11-4-6-12(7-5-11)17(16(20)18(21)23-3)24-15-10-13(22-2)8-9-14(15)19/h4-10,16-17,20H,19H2,1-3H3/t16-,17+/m0/s1. The Labute approximate surface area is 145 Å². The zero-order valence-electron chi connectivity index (χ0n) is 13.9. The van der Waals surface area contributed by atoms with Crippen molar-refractivity contribution in [1.82, 2.24) is 0 Å². The summed E-state index contributed by atoms with van der Waals surface area (Å²) < 4.78 is 9.91. The molecular formula is C18H21NO4S. The highest BCUT2D eigenvalue weighted by molar-refractivity contribution is 7.99. The minimum atomic E-state index is -1.31. The van der Waals surface area contributed by atoms with Crippen LogP contribution in [-0.2, 0) is 9.53 Å². The Morgan fingerprint density at radius 3 is 2.42 bits per heavy atom. The summed E-state index contributed by atoms with van der Waals surface area (Å²) in [5, 5.41) is 9.86. The Balaban J connectivity index is 2.39. The van der Waals surface area contributed by atoms with Crippen LogP contribution in [0.5, 0.6) is 5.75 Å². The van der Waals surface area contributed by atoms with Crippen molar-refractivity contribution in [2.75, 3.05) is 20.0 Å². The fourth-order valence-electron chi connectivity index (χ4n) is 2.20. The minimum absolute atomic E-state index is 0.549. The van der Waals surface area contributed by atoms with Crippen molar-refractivity contribution in [3.8, 4) is 5.75 Å². The number of carbonyl (C=O) groups excluding carboxylic acids is 1. The Kier molecular flexibility index (Phi) is 6.11. The van der Waals surface area contributed by atoms with E-state index in [4.69, 9.17) is 15.2 Å². The average molecular weight is 347 g/mol. The molecule has 0 bridgehead atoms. The van der Waals surface area contributed by atoms with Crippen LogP contribution >= 0.6 is 11.8 Å². The van der Waals surface area contributed by atoms with Gasteiger partial charge in [-0.05, 0) is 30.7 Å². The second kappa shape index (κ2) is 8.08. The highest BCUT2D eigenvalue weighted by Gasteiger charge is 2.30. The largest absolute Gasteiger partial charge is 0.497 e. The summed E-state index contributed by atoms with van der Waals surface area (Å²) in [6.07, 6.45) is -1.31. The molecule has 0 heterocycles. The minimum Gasteiger partial charge on any atom is -0.497 e. The first kappa shape index (κ1) is 18.2. The van der Waals surface area contributed by atoms with Crippen LogP contribution in [0.2, 0.25) is 0 Å². The van der Waals surface area contributed by atoms with Gasteiger partial charge in [0.2, 0.25) is 0 Å². The molecule has 6 heteroatoms. The number of carbonyl (C=O) groups is 1. The molecule has 0 spiro atoms. The number of ether oxygens (including phenoxy) is 2. The number of aliphatic hydroxyl groups excluding tert-OH is 1. The molecule has 0 saturated heterocycles. The molecule has 2 aromatic carbocycles. The third-order valence-electron chi connectivity index (χ3n) is 3.61. The van der Waals surface area contributed by atoms with Crippen LogP contribution in [0, 0.1) is 6.92 Å². The molecule has 3 N–H and O–H groups in total. The molecule has 0 aliphatic heterocycles. The molecule has 0 aliphatic carbocycles. The lowest BCUT2D eigenvalue weighted by Gasteiger charge is -2.22. The van der Waals surface area contributed by atoms with E-state index in [1.165, 1.54) is 18.9 Å². The number of benzene rings is 2. The van der Waals surface area contributed by atoms with E-state index in [1.54, 1.807) is 25.3 Å². The normalized spacial score (nSPS) is 13.2. The second-order valence-corrected chi connectivity index (χ2v) is 6.50. The molecule has 0 fully saturated rings. The first-order valence-electron chi connectivity index (χ1n) is 7.39. The second-order valence-electron chi connectivity index (χ2n) is 5.32. The van der Waals surface area contributed by atoms with Crippen molar-refractivity contribution in [2.45, 2.75) is 23.2 Å². The number of aliphatic hydroxyl groups is 1. The van der Waals surface area contributed by atoms with E-state index in [2.05, 4.69) is 0 Å². The summed E-state index contributed by atoms with van der Waals surface area (Å²) in [6.45, 7) is 1.97. The van der Waals surface area contributed by atoms with Crippen LogP contribution in [0.1, 0.15) is 16.4 Å². The van der Waals surface area contributed by atoms with Gasteiger partial charge in [-0.15, -0.1) is 11.8 Å². The number of esters is 1. The number of hydrogen-bond acceptors (Lipinski definition) is 6. The molecule has 0 aromatic heterocycles. The van der Waals surface area contributed by atoms with Gasteiger partial charge in [0.15, 0.2) is 6.10 Å². The smallest absolute Gasteiger partial charge is 0.336 e. The van der Waals surface area contributed by atoms with Gasteiger partial charge in [0.05, 0.1) is 19.5 Å². The molecule has 5 nitrogen and oxygen atoms in total. The number of hydrogen-bond donors (Lipinski definition) is 2. The number of nitrogen functional groups attached to an aromatic ring is 1. The molecule has 0 amide bonds. The predicted molar refractivity (Wildman–Crippen MR) is 95.2 cm³/mol. The van der Waals surface area contributed by atoms with Gasteiger partial charge in [-0.1, -0.05) is 29.8 Å². The van der Waals surface area contributed by atoms with Crippen LogP contribution in [0.3, 0.4) is 0 Å². The highest BCUT2D eigenvalue weighted by Crippen LogP contribution is 2.42. The molecule has 24 heavy (non-hydrogen) atoms. The van der Waals surface area contributed by atoms with E-state index < -0.39 is 17.3 Å². The summed E-state index contributed by atoms with van der Waals surface area (Å²) in [7, 11) is 2.82. The topological polar surface area (TPSA) is 81.8 Å². The Bertz CT molecular complexity index is 703. The van der Waals surface area contributed by atoms with Crippen LogP contribution < -0.4 is 10.5 Å². The molecule has 2 rings (SSSR count). The van der Waals surface area contributed by atoms with Crippen molar-refractivity contribution in [2.24, 2.45) is 0 Å². The average Bonchev–Trinajstić information content (AvgIpc) is 2.60. The lowest BCUT2D eigenvalue weighted by molar-refractivity contribution is -0.150. The molecule has 128 valence electrons. The van der Waals surface area contributed by atoms with Gasteiger partial charge in [0, 0.05) is 10.6 Å². The van der Waals surface area contributed by atoms with Crippen LogP contribution in [0.15, 0.2) is 47.4 Å². The van der Waals surface area contributed by atoms with Crippen molar-refractivity contribution in [1.29, 1.82) is 0 Å². The molecule has 2 atom stereocenters. The summed E-state index contributed by atoms with van der Waals surface area (Å²) >= 11 is 1.30. The summed E-state index contributed by atoms with van der Waals surface area (Å²) in [4.78, 5) is 12.6. The summed E-state index contributed by atoms with van der Waals surface area (Å²) in [5.74, 6) is -0.0311. The lowest BCUT2D eigenvalue weighted by atomic mass is 10.1. The van der Waals surface area contributed by atoms with Gasteiger partial charge in [-0.25, -0.2) is 4.79 Å². The first-order chi connectivity index (χ1) is 11.5. The van der Waals surface area contributed by atoms with E-state index in [0.29, 0.717) is 11.4 Å². The lowest BCUT2D eigenvalue weighted by Crippen LogP contribution is -2.27. The summed E-state index contributed by atoms with van der Waals surface area (Å²) in [5.41, 5.74) is 8.48. The van der Waals surface area contributed by atoms with E-state index in [0.717, 1.165) is 16.0 Å². The molecular weight excluding hydrogens is 326 g/mol. The molecule has 0 aliphatic rings. The number of methoxy groups -OCH3 is 2. The number of aryl methyl sites for hydroxylation is 1. The Morgan fingerprint density at radius 2 is 1.83 bits per heavy atom. The van der Waals surface area contributed by atoms with Crippen molar-refractivity contribution in [3.05, 3.63) is 53.6 Å². The maximum atomic E-state index is 11.9. The maximum absolute atomic E-state index is 11.9. The van der Waals surface area contributed by atoms with Crippen molar-refractivity contribution in [3.63, 3.8) is 0 Å². The van der Waals surface area contributed by atoms with Gasteiger partial charge >= 0.3 is 5.97 Å². The monoisotopic (exact) mass is 347 g/mol. The van der Waals surface area contributed by atoms with Gasteiger partial charge in [-0.2, -0.15) is 0 Å². The Hall–Kier alpha value is -2.18. The van der Waals surface area contributed by atoms with E-state index >= 15 is 0 Å². The van der Waals surface area contributed by atoms with Crippen LogP contribution in [-0.4, -0.2) is 31.4 Å². The van der Waals surface area contributed by atoms with Gasteiger partial charge in [0.1, 0.15) is 5.75 Å². The quantitative estimate of drug-likeness (QED) is 0.475. The van der Waals surface area contributed by atoms with Gasteiger partial charge < -0.3 is 20.3 Å². The fourth-order valence-corrected chi connectivity index (χ4v) is 3.39. The maximum Gasteiger partial charge on any atom is 0.336 e. The fraction of sp³-hybridized carbons (Fsp3) is 0.278. The van der Waals surface area contributed by atoms with Gasteiger partial charge in [0.25, 0.3) is 0 Å².